The fraction of sp³-hybridized carbons (Fsp3) is 0.333. The van der Waals surface area contributed by atoms with E-state index in [4.69, 9.17) is 5.73 Å². The number of nitrogens with two attached hydrogens (primary N) is 1. The van der Waals surface area contributed by atoms with Gasteiger partial charge in [-0.2, -0.15) is 0 Å². The number of carboxylic acid groups (broad SMARTS) is 2. The van der Waals surface area contributed by atoms with Crippen LogP contribution < -0.4 is 11.1 Å². The summed E-state index contributed by atoms with van der Waals surface area (Å²) in [6, 6.07) is 8.45. The molecular weight excluding hydrogens is 338 g/mol. The van der Waals surface area contributed by atoms with Crippen molar-refractivity contribution < 1.29 is 24.6 Å². The zero-order chi connectivity index (χ0) is 18.6. The average molecular weight is 355 g/mol. The van der Waals surface area contributed by atoms with E-state index in [1.54, 1.807) is 18.2 Å². The maximum absolute atomic E-state index is 12.7. The van der Waals surface area contributed by atoms with Crippen molar-refractivity contribution in [1.82, 2.24) is 10.3 Å². The Hall–Kier alpha value is -3.00. The SMILES string of the molecule is N[C@@]1(C(=O)O)C[C@H](NC(=O)c2nccc3ccccc23)[C@H]2[C@H](C(=O)O)[C@H]21. The number of nitrogens with zero attached hydrogens (tertiary/aromatic N) is 1. The van der Waals surface area contributed by atoms with E-state index >= 15 is 0 Å². The van der Waals surface area contributed by atoms with E-state index in [1.807, 2.05) is 12.1 Å². The van der Waals surface area contributed by atoms with Crippen molar-refractivity contribution in [2.75, 3.05) is 0 Å². The molecule has 0 saturated heterocycles. The van der Waals surface area contributed by atoms with Gasteiger partial charge < -0.3 is 21.3 Å². The first-order chi connectivity index (χ1) is 12.3. The minimum Gasteiger partial charge on any atom is -0.481 e. The van der Waals surface area contributed by atoms with E-state index in [9.17, 15) is 24.6 Å². The van der Waals surface area contributed by atoms with Gasteiger partial charge in [0.2, 0.25) is 0 Å². The Bertz CT molecular complexity index is 940. The number of aliphatic carboxylic acids is 2. The molecular formula is C18H17N3O5. The first-order valence-electron chi connectivity index (χ1n) is 8.24. The molecule has 0 bridgehead atoms. The zero-order valence-corrected chi connectivity index (χ0v) is 13.6. The number of fused-ring (bicyclic) bond motifs is 2. The van der Waals surface area contributed by atoms with Gasteiger partial charge in [0.25, 0.3) is 5.91 Å². The van der Waals surface area contributed by atoms with Crippen LogP contribution in [0.25, 0.3) is 10.8 Å². The molecule has 4 rings (SSSR count). The molecule has 1 amide bonds. The van der Waals surface area contributed by atoms with Gasteiger partial charge in [-0.15, -0.1) is 0 Å². The Morgan fingerprint density at radius 3 is 2.62 bits per heavy atom. The lowest BCUT2D eigenvalue weighted by Gasteiger charge is -2.25. The number of carbonyl (C=O) groups is 3. The van der Waals surface area contributed by atoms with Gasteiger partial charge in [-0.1, -0.05) is 24.3 Å². The van der Waals surface area contributed by atoms with Crippen LogP contribution in [-0.2, 0) is 9.59 Å². The smallest absolute Gasteiger partial charge is 0.324 e. The van der Waals surface area contributed by atoms with Gasteiger partial charge in [-0.25, -0.2) is 0 Å². The standard InChI is InChI=1S/C18H17N3O5/c19-18(17(25)26)7-10(11-12(13(11)18)16(23)24)21-15(22)14-9-4-2-1-3-8(9)5-6-20-14/h1-6,10-13H,7,19H2,(H,21,22)(H,23,24)(H,25,26)/t10-,11-,12-,13-,18-/m0/s1. The van der Waals surface area contributed by atoms with Crippen LogP contribution in [0.4, 0.5) is 0 Å². The number of nitrogens with one attached hydrogen (secondary N) is 1. The molecule has 1 aromatic carbocycles. The van der Waals surface area contributed by atoms with E-state index < -0.39 is 47.2 Å². The molecule has 0 aliphatic heterocycles. The van der Waals surface area contributed by atoms with Crippen molar-refractivity contribution in [3.05, 3.63) is 42.2 Å². The minimum atomic E-state index is -1.64. The molecule has 2 saturated carbocycles. The first kappa shape index (κ1) is 16.5. The molecule has 5 N–H and O–H groups in total. The number of rotatable bonds is 4. The third-order valence-corrected chi connectivity index (χ3v) is 5.58. The summed E-state index contributed by atoms with van der Waals surface area (Å²) in [5.74, 6) is -4.79. The summed E-state index contributed by atoms with van der Waals surface area (Å²) < 4.78 is 0. The number of carboxylic acids is 2. The normalized spacial score (nSPS) is 32.0. The predicted molar refractivity (Wildman–Crippen MR) is 90.3 cm³/mol. The highest BCUT2D eigenvalue weighted by Gasteiger charge is 2.74. The Morgan fingerprint density at radius 1 is 1.19 bits per heavy atom. The second-order valence-corrected chi connectivity index (χ2v) is 6.98. The number of hydrogen-bond acceptors (Lipinski definition) is 5. The maximum Gasteiger partial charge on any atom is 0.324 e. The van der Waals surface area contributed by atoms with Crippen molar-refractivity contribution in [3.8, 4) is 0 Å². The lowest BCUT2D eigenvalue weighted by atomic mass is 9.90. The van der Waals surface area contributed by atoms with Gasteiger partial charge in [0, 0.05) is 23.5 Å². The Balaban J connectivity index is 1.62. The van der Waals surface area contributed by atoms with E-state index in [2.05, 4.69) is 10.3 Å². The summed E-state index contributed by atoms with van der Waals surface area (Å²) >= 11 is 0. The molecule has 1 heterocycles. The van der Waals surface area contributed by atoms with Crippen LogP contribution >= 0.6 is 0 Å². The van der Waals surface area contributed by atoms with E-state index in [1.165, 1.54) is 6.20 Å². The second-order valence-electron chi connectivity index (χ2n) is 6.98. The number of pyridine rings is 1. The Morgan fingerprint density at radius 2 is 1.92 bits per heavy atom. The highest BCUT2D eigenvalue weighted by molar-refractivity contribution is 6.05. The van der Waals surface area contributed by atoms with Crippen molar-refractivity contribution in [2.45, 2.75) is 18.0 Å². The second kappa shape index (κ2) is 5.50. The van der Waals surface area contributed by atoms with Crippen LogP contribution in [0.3, 0.4) is 0 Å². The molecule has 0 radical (unpaired) electrons. The quantitative estimate of drug-likeness (QED) is 0.624. The van der Waals surface area contributed by atoms with Crippen LogP contribution in [0.1, 0.15) is 16.9 Å². The van der Waals surface area contributed by atoms with Crippen LogP contribution in [0.15, 0.2) is 36.5 Å². The van der Waals surface area contributed by atoms with Crippen molar-refractivity contribution in [3.63, 3.8) is 0 Å². The molecule has 5 atom stereocenters. The number of amides is 1. The summed E-state index contributed by atoms with van der Waals surface area (Å²) in [6.45, 7) is 0. The van der Waals surface area contributed by atoms with Crippen LogP contribution in [-0.4, -0.2) is 44.6 Å². The molecule has 0 spiro atoms. The van der Waals surface area contributed by atoms with E-state index in [0.717, 1.165) is 5.39 Å². The Labute approximate surface area is 148 Å². The molecule has 8 heteroatoms. The van der Waals surface area contributed by atoms with Crippen LogP contribution in [0.2, 0.25) is 0 Å². The molecule has 2 aliphatic rings. The maximum atomic E-state index is 12.7. The predicted octanol–water partition coefficient (Wildman–Crippen LogP) is 0.466. The summed E-state index contributed by atoms with van der Waals surface area (Å²) in [4.78, 5) is 39.8. The molecule has 0 unspecified atom stereocenters. The van der Waals surface area contributed by atoms with E-state index in [-0.39, 0.29) is 12.1 Å². The van der Waals surface area contributed by atoms with Gasteiger partial charge in [0.1, 0.15) is 11.2 Å². The average Bonchev–Trinajstić information content (AvgIpc) is 3.30. The molecule has 2 fully saturated rings. The van der Waals surface area contributed by atoms with Gasteiger partial charge >= 0.3 is 11.9 Å². The number of aromatic nitrogens is 1. The fourth-order valence-corrected chi connectivity index (χ4v) is 4.37. The molecule has 134 valence electrons. The fourth-order valence-electron chi connectivity index (χ4n) is 4.37. The van der Waals surface area contributed by atoms with Crippen LogP contribution in [0.5, 0.6) is 0 Å². The van der Waals surface area contributed by atoms with Gasteiger partial charge in [0.05, 0.1) is 5.92 Å². The van der Waals surface area contributed by atoms with Gasteiger partial charge in [0.15, 0.2) is 0 Å². The topological polar surface area (TPSA) is 143 Å². The molecule has 2 aromatic rings. The Kier molecular flexibility index (Phi) is 3.48. The number of benzene rings is 1. The molecule has 2 aliphatic carbocycles. The molecule has 1 aromatic heterocycles. The monoisotopic (exact) mass is 355 g/mol. The summed E-state index contributed by atoms with van der Waals surface area (Å²) in [6.07, 6.45) is 1.52. The first-order valence-corrected chi connectivity index (χ1v) is 8.24. The van der Waals surface area contributed by atoms with E-state index in [0.29, 0.717) is 5.39 Å². The summed E-state index contributed by atoms with van der Waals surface area (Å²) in [5.41, 5.74) is 4.56. The molecule has 8 nitrogen and oxygen atoms in total. The van der Waals surface area contributed by atoms with Crippen molar-refractivity contribution in [1.29, 1.82) is 0 Å². The highest BCUT2D eigenvalue weighted by atomic mass is 16.4. The number of hydrogen-bond donors (Lipinski definition) is 4. The third-order valence-electron chi connectivity index (χ3n) is 5.58. The van der Waals surface area contributed by atoms with Crippen molar-refractivity contribution >= 4 is 28.6 Å². The van der Waals surface area contributed by atoms with Crippen molar-refractivity contribution in [2.24, 2.45) is 23.5 Å². The minimum absolute atomic E-state index is 0.00203. The lowest BCUT2D eigenvalue weighted by Crippen LogP contribution is -2.52. The van der Waals surface area contributed by atoms with Gasteiger partial charge in [-0.05, 0) is 23.8 Å². The van der Waals surface area contributed by atoms with Gasteiger partial charge in [-0.3, -0.25) is 19.4 Å². The largest absolute Gasteiger partial charge is 0.481 e. The van der Waals surface area contributed by atoms with Crippen LogP contribution in [0, 0.1) is 17.8 Å². The summed E-state index contributed by atoms with van der Waals surface area (Å²) in [7, 11) is 0. The number of carbonyl (C=O) groups excluding carboxylic acids is 1. The highest BCUT2D eigenvalue weighted by Crippen LogP contribution is 2.61. The lowest BCUT2D eigenvalue weighted by molar-refractivity contribution is -0.145. The third kappa shape index (κ3) is 2.26. The zero-order valence-electron chi connectivity index (χ0n) is 13.6. The summed E-state index contributed by atoms with van der Waals surface area (Å²) in [5, 5.41) is 23.0. The molecule has 26 heavy (non-hydrogen) atoms.